The fraction of sp³-hybridized carbons (Fsp3) is 0.417. The van der Waals surface area contributed by atoms with Crippen molar-refractivity contribution < 1.29 is 14.3 Å². The molecular formula is C12H17B2NO3. The van der Waals surface area contributed by atoms with Crippen LogP contribution in [0.2, 0.25) is 0 Å². The highest BCUT2D eigenvalue weighted by Gasteiger charge is 2.32. The molecule has 0 saturated heterocycles. The van der Waals surface area contributed by atoms with Crippen LogP contribution in [0.5, 0.6) is 11.5 Å². The summed E-state index contributed by atoms with van der Waals surface area (Å²) in [6.07, 6.45) is 0.823. The van der Waals surface area contributed by atoms with Crippen LogP contribution in [0.15, 0.2) is 18.2 Å². The molecule has 1 heterocycles. The highest BCUT2D eigenvalue weighted by molar-refractivity contribution is 6.32. The number of ether oxygens (including phenoxy) is 2. The molecule has 1 unspecified atom stereocenters. The Labute approximate surface area is 109 Å². The van der Waals surface area contributed by atoms with E-state index in [4.69, 9.17) is 9.47 Å². The molecule has 0 N–H and O–H groups in total. The Morgan fingerprint density at radius 3 is 2.78 bits per heavy atom. The van der Waals surface area contributed by atoms with Crippen LogP contribution in [0, 0.1) is 0 Å². The lowest BCUT2D eigenvalue weighted by Crippen LogP contribution is -2.51. The van der Waals surface area contributed by atoms with Crippen LogP contribution in [0.4, 0.5) is 0 Å². The Balaban J connectivity index is 2.29. The van der Waals surface area contributed by atoms with E-state index >= 15 is 0 Å². The summed E-state index contributed by atoms with van der Waals surface area (Å²) in [7, 11) is 5.92. The number of fused-ring (bicyclic) bond motifs is 1. The van der Waals surface area contributed by atoms with Gasteiger partial charge in [-0.1, -0.05) is 0 Å². The number of carbonyl (C=O) groups excluding carboxylic acids is 1. The first-order valence-corrected chi connectivity index (χ1v) is 6.12. The van der Waals surface area contributed by atoms with Crippen molar-refractivity contribution in [1.82, 2.24) is 4.90 Å². The summed E-state index contributed by atoms with van der Waals surface area (Å²) >= 11 is 0. The van der Waals surface area contributed by atoms with Crippen LogP contribution < -0.4 is 9.47 Å². The molecular weight excluding hydrogens is 228 g/mol. The summed E-state index contributed by atoms with van der Waals surface area (Å²) in [5.74, 6) is 1.44. The number of nitrogens with zero attached hydrogens (tertiary/aromatic N) is 1. The van der Waals surface area contributed by atoms with Crippen molar-refractivity contribution in [1.29, 1.82) is 0 Å². The van der Waals surface area contributed by atoms with Gasteiger partial charge in [-0.25, -0.2) is 0 Å². The van der Waals surface area contributed by atoms with Crippen LogP contribution in [0.3, 0.4) is 0 Å². The second-order valence-electron chi connectivity index (χ2n) is 4.97. The average Bonchev–Trinajstić information content (AvgIpc) is 2.83. The van der Waals surface area contributed by atoms with E-state index in [9.17, 15) is 4.79 Å². The predicted octanol–water partition coefficient (Wildman–Crippen LogP) is -0.530. The molecule has 1 aromatic carbocycles. The van der Waals surface area contributed by atoms with Crippen molar-refractivity contribution in [3.05, 3.63) is 23.8 Å². The van der Waals surface area contributed by atoms with Crippen LogP contribution in [-0.2, 0) is 0 Å². The molecule has 0 aromatic heterocycles. The molecule has 6 heteroatoms. The van der Waals surface area contributed by atoms with Gasteiger partial charge >= 0.3 is 0 Å². The van der Waals surface area contributed by atoms with Gasteiger partial charge in [-0.3, -0.25) is 4.79 Å². The number of hydrogen-bond acceptors (Lipinski definition) is 4. The second-order valence-corrected chi connectivity index (χ2v) is 4.97. The summed E-state index contributed by atoms with van der Waals surface area (Å²) in [5, 5.41) is 0. The molecule has 18 heavy (non-hydrogen) atoms. The van der Waals surface area contributed by atoms with Crippen molar-refractivity contribution in [3.63, 3.8) is 0 Å². The van der Waals surface area contributed by atoms with E-state index in [0.717, 1.165) is 6.44 Å². The van der Waals surface area contributed by atoms with Gasteiger partial charge in [-0.15, -0.1) is 0 Å². The minimum Gasteiger partial charge on any atom is -0.454 e. The zero-order chi connectivity index (χ0) is 13.3. The lowest BCUT2D eigenvalue weighted by Gasteiger charge is -2.33. The molecule has 1 atom stereocenters. The number of likely N-dealkylation sites (N-methyl/N-ethyl adjacent to an activating group) is 1. The molecule has 2 rings (SSSR count). The van der Waals surface area contributed by atoms with Gasteiger partial charge in [-0.05, 0) is 38.6 Å². The van der Waals surface area contributed by atoms with Gasteiger partial charge in [0, 0.05) is 11.0 Å². The molecule has 0 spiro atoms. The zero-order valence-corrected chi connectivity index (χ0v) is 11.3. The van der Waals surface area contributed by atoms with Gasteiger partial charge in [0.05, 0.1) is 0 Å². The van der Waals surface area contributed by atoms with Crippen molar-refractivity contribution in [2.75, 3.05) is 20.3 Å². The third kappa shape index (κ3) is 2.12. The van der Waals surface area contributed by atoms with Gasteiger partial charge in [-0.2, -0.15) is 0 Å². The minimum atomic E-state index is -0.525. The van der Waals surface area contributed by atoms with Gasteiger partial charge in [0.15, 0.2) is 17.3 Å². The molecule has 0 bridgehead atoms. The van der Waals surface area contributed by atoms with Crippen LogP contribution in [-0.4, -0.2) is 52.1 Å². The second kappa shape index (κ2) is 4.69. The minimum absolute atomic E-state index is 0.0881. The molecule has 0 amide bonds. The van der Waals surface area contributed by atoms with Gasteiger partial charge in [0.25, 0.3) is 0 Å². The van der Waals surface area contributed by atoms with Crippen LogP contribution >= 0.6 is 0 Å². The summed E-state index contributed by atoms with van der Waals surface area (Å²) in [4.78, 5) is 14.6. The Bertz CT molecular complexity index is 476. The van der Waals surface area contributed by atoms with E-state index in [1.807, 2.05) is 34.6 Å². The maximum Gasteiger partial charge on any atom is 0.231 e. The van der Waals surface area contributed by atoms with E-state index in [-0.39, 0.29) is 12.6 Å². The molecule has 94 valence electrons. The zero-order valence-electron chi connectivity index (χ0n) is 11.3. The molecule has 0 radical (unpaired) electrons. The molecule has 1 aliphatic rings. The van der Waals surface area contributed by atoms with E-state index in [2.05, 4.69) is 0 Å². The first-order chi connectivity index (χ1) is 8.46. The maximum absolute atomic E-state index is 12.5. The normalized spacial score (nSPS) is 16.6. The Morgan fingerprint density at radius 2 is 2.11 bits per heavy atom. The van der Waals surface area contributed by atoms with Crippen LogP contribution in [0.1, 0.15) is 17.3 Å². The average molecular weight is 245 g/mol. The van der Waals surface area contributed by atoms with Gasteiger partial charge in [0.1, 0.15) is 15.7 Å². The molecule has 1 aromatic rings. The fourth-order valence-electron chi connectivity index (χ4n) is 1.96. The van der Waals surface area contributed by atoms with E-state index in [1.54, 1.807) is 18.2 Å². The summed E-state index contributed by atoms with van der Waals surface area (Å²) in [5.41, 5.74) is 0.132. The van der Waals surface area contributed by atoms with E-state index < -0.39 is 5.44 Å². The van der Waals surface area contributed by atoms with Crippen molar-refractivity contribution in [3.8, 4) is 11.5 Å². The molecule has 1 aliphatic heterocycles. The highest BCUT2D eigenvalue weighted by atomic mass is 16.7. The smallest absolute Gasteiger partial charge is 0.231 e. The largest absolute Gasteiger partial charge is 0.454 e. The lowest BCUT2D eigenvalue weighted by molar-refractivity contribution is 0.0837. The topological polar surface area (TPSA) is 38.8 Å². The van der Waals surface area contributed by atoms with Crippen LogP contribution in [0.25, 0.3) is 0 Å². The SMILES string of the molecule is BCN(C)C(B)(C)C(=O)c1ccc2c(c1)OCO2. The Morgan fingerprint density at radius 1 is 1.44 bits per heavy atom. The first kappa shape index (κ1) is 13.0. The molecule has 0 fully saturated rings. The summed E-state index contributed by atoms with van der Waals surface area (Å²) < 4.78 is 10.5. The molecule has 0 aliphatic carbocycles. The molecule has 4 nitrogen and oxygen atoms in total. The Hall–Kier alpha value is -1.42. The third-order valence-corrected chi connectivity index (χ3v) is 3.62. The monoisotopic (exact) mass is 245 g/mol. The van der Waals surface area contributed by atoms with Crippen molar-refractivity contribution in [2.45, 2.75) is 12.4 Å². The number of hydrogen-bond donors (Lipinski definition) is 0. The number of rotatable bonds is 4. The summed E-state index contributed by atoms with van der Waals surface area (Å²) in [6, 6.07) is 5.34. The predicted molar refractivity (Wildman–Crippen MR) is 75.0 cm³/mol. The number of carbonyl (C=O) groups is 1. The maximum atomic E-state index is 12.5. The third-order valence-electron chi connectivity index (χ3n) is 3.62. The lowest BCUT2D eigenvalue weighted by atomic mass is 9.72. The standard InChI is InChI=1S/C12H17B2NO3/c1-12(14,15(2)6-13)11(16)8-3-4-9-10(5-8)18-7-17-9/h3-5H,6-7,13-14H2,1-2H3. The van der Waals surface area contributed by atoms with E-state index in [1.165, 1.54) is 0 Å². The number of Topliss-reactive ketones (excluding diaryl/α,β-unsaturated/α-hetero) is 1. The number of ketones is 1. The number of benzene rings is 1. The van der Waals surface area contributed by atoms with E-state index in [0.29, 0.717) is 17.1 Å². The van der Waals surface area contributed by atoms with Gasteiger partial charge < -0.3 is 14.4 Å². The fourth-order valence-corrected chi connectivity index (χ4v) is 1.96. The highest BCUT2D eigenvalue weighted by Crippen LogP contribution is 2.33. The Kier molecular flexibility index (Phi) is 3.39. The van der Waals surface area contributed by atoms with Crippen molar-refractivity contribution in [2.24, 2.45) is 0 Å². The van der Waals surface area contributed by atoms with Crippen molar-refractivity contribution >= 4 is 21.5 Å². The molecule has 0 saturated carbocycles. The van der Waals surface area contributed by atoms with Gasteiger partial charge in [0.2, 0.25) is 6.79 Å². The summed E-state index contributed by atoms with van der Waals surface area (Å²) in [6.45, 7) is 2.16. The quantitative estimate of drug-likeness (QED) is 0.528. The first-order valence-electron chi connectivity index (χ1n) is 6.12.